The average molecular weight is 385 g/mol. The molecule has 0 radical (unpaired) electrons. The van der Waals surface area contributed by atoms with Gasteiger partial charge >= 0.3 is 0 Å². The Labute approximate surface area is 131 Å². The van der Waals surface area contributed by atoms with Crippen molar-refractivity contribution in [2.45, 2.75) is 24.8 Å². The molecule has 20 heavy (non-hydrogen) atoms. The van der Waals surface area contributed by atoms with E-state index in [9.17, 15) is 13.2 Å². The van der Waals surface area contributed by atoms with Gasteiger partial charge in [-0.05, 0) is 32.0 Å². The average Bonchev–Trinajstić information content (AvgIpc) is 2.32. The van der Waals surface area contributed by atoms with E-state index in [4.69, 9.17) is 15.4 Å². The highest BCUT2D eigenvalue weighted by Crippen LogP contribution is 2.22. The number of amides is 1. The van der Waals surface area contributed by atoms with E-state index in [1.165, 1.54) is 18.2 Å². The molecular formula is C12H15BrClNO4S. The largest absolute Gasteiger partial charge is 0.377 e. The molecule has 5 nitrogen and oxygen atoms in total. The van der Waals surface area contributed by atoms with Crippen LogP contribution in [-0.4, -0.2) is 33.6 Å². The molecule has 0 fully saturated rings. The molecular weight excluding hydrogens is 370 g/mol. The number of rotatable bonds is 6. The number of hydrogen-bond donors (Lipinski definition) is 1. The molecule has 112 valence electrons. The summed E-state index contributed by atoms with van der Waals surface area (Å²) in [5.74, 6) is -0.389. The third-order valence-corrected chi connectivity index (χ3v) is 4.04. The van der Waals surface area contributed by atoms with Crippen molar-refractivity contribution < 1.29 is 17.9 Å². The van der Waals surface area contributed by atoms with Crippen LogP contribution in [0.15, 0.2) is 27.6 Å². The molecule has 1 aromatic carbocycles. The fraction of sp³-hybridized carbons (Fsp3) is 0.417. The number of hydrogen-bond acceptors (Lipinski definition) is 4. The number of ether oxygens (including phenoxy) is 1. The van der Waals surface area contributed by atoms with Gasteiger partial charge < -0.3 is 10.1 Å². The Morgan fingerprint density at radius 2 is 2.05 bits per heavy atom. The summed E-state index contributed by atoms with van der Waals surface area (Å²) in [6, 6.07) is 4.08. The summed E-state index contributed by atoms with van der Waals surface area (Å²) in [7, 11) is 1.39. The molecule has 0 aliphatic rings. The molecule has 1 rings (SSSR count). The SMILES string of the molecule is CC(C)OCCNC(=O)c1cc(Br)cc(S(=O)(=O)Cl)c1. The van der Waals surface area contributed by atoms with Gasteiger partial charge in [0.15, 0.2) is 0 Å². The van der Waals surface area contributed by atoms with Gasteiger partial charge in [0, 0.05) is 27.3 Å². The molecule has 0 aliphatic carbocycles. The van der Waals surface area contributed by atoms with Crippen LogP contribution in [-0.2, 0) is 13.8 Å². The normalized spacial score (nSPS) is 11.7. The van der Waals surface area contributed by atoms with Crippen LogP contribution in [0.1, 0.15) is 24.2 Å². The fourth-order valence-electron chi connectivity index (χ4n) is 1.40. The maximum Gasteiger partial charge on any atom is 0.261 e. The smallest absolute Gasteiger partial charge is 0.261 e. The van der Waals surface area contributed by atoms with Gasteiger partial charge in [-0.2, -0.15) is 0 Å². The lowest BCUT2D eigenvalue weighted by atomic mass is 10.2. The first kappa shape index (κ1) is 17.4. The summed E-state index contributed by atoms with van der Waals surface area (Å²) in [6.07, 6.45) is 0.0887. The standard InChI is InChI=1S/C12H15BrClNO4S/c1-8(2)19-4-3-15-12(16)9-5-10(13)7-11(6-9)20(14,17)18/h5-8H,3-4H2,1-2H3,(H,15,16). The maximum atomic E-state index is 11.9. The molecule has 0 aliphatic heterocycles. The second-order valence-electron chi connectivity index (χ2n) is 4.29. The Bertz CT molecular complexity index is 589. The monoisotopic (exact) mass is 383 g/mol. The van der Waals surface area contributed by atoms with Crippen LogP contribution in [0, 0.1) is 0 Å². The van der Waals surface area contributed by atoms with Gasteiger partial charge in [-0.15, -0.1) is 0 Å². The van der Waals surface area contributed by atoms with E-state index in [0.29, 0.717) is 17.6 Å². The van der Waals surface area contributed by atoms with E-state index >= 15 is 0 Å². The molecule has 0 bridgehead atoms. The van der Waals surface area contributed by atoms with Crippen molar-refractivity contribution in [3.8, 4) is 0 Å². The molecule has 1 amide bonds. The first-order chi connectivity index (χ1) is 9.20. The van der Waals surface area contributed by atoms with Gasteiger partial charge in [0.05, 0.1) is 17.6 Å². The lowest BCUT2D eigenvalue weighted by Gasteiger charge is -2.09. The minimum atomic E-state index is -3.88. The van der Waals surface area contributed by atoms with Crippen LogP contribution in [0.3, 0.4) is 0 Å². The second kappa shape index (κ2) is 7.40. The van der Waals surface area contributed by atoms with Crippen LogP contribution in [0.4, 0.5) is 0 Å². The van der Waals surface area contributed by atoms with Gasteiger partial charge in [-0.25, -0.2) is 8.42 Å². The summed E-state index contributed by atoms with van der Waals surface area (Å²) >= 11 is 3.15. The lowest BCUT2D eigenvalue weighted by molar-refractivity contribution is 0.0746. The molecule has 0 heterocycles. The summed E-state index contributed by atoms with van der Waals surface area (Å²) < 4.78 is 28.3. The number of halogens is 2. The quantitative estimate of drug-likeness (QED) is 0.604. The summed E-state index contributed by atoms with van der Waals surface area (Å²) in [6.45, 7) is 4.52. The topological polar surface area (TPSA) is 72.5 Å². The molecule has 0 aromatic heterocycles. The number of carbonyl (C=O) groups is 1. The number of nitrogens with one attached hydrogen (secondary N) is 1. The van der Waals surface area contributed by atoms with Crippen LogP contribution in [0.25, 0.3) is 0 Å². The van der Waals surface area contributed by atoms with E-state index < -0.39 is 9.05 Å². The zero-order valence-corrected chi connectivity index (χ0v) is 14.2. The Morgan fingerprint density at radius 3 is 2.60 bits per heavy atom. The van der Waals surface area contributed by atoms with E-state index in [0.717, 1.165) is 0 Å². The van der Waals surface area contributed by atoms with E-state index in [1.807, 2.05) is 13.8 Å². The van der Waals surface area contributed by atoms with Crippen LogP contribution in [0.5, 0.6) is 0 Å². The van der Waals surface area contributed by atoms with Crippen LogP contribution >= 0.6 is 26.6 Å². The van der Waals surface area contributed by atoms with Crippen molar-refractivity contribution in [1.29, 1.82) is 0 Å². The minimum Gasteiger partial charge on any atom is -0.377 e. The first-order valence-corrected chi connectivity index (χ1v) is 8.95. The van der Waals surface area contributed by atoms with Crippen LogP contribution in [0.2, 0.25) is 0 Å². The molecule has 0 unspecified atom stereocenters. The molecule has 0 atom stereocenters. The highest BCUT2D eigenvalue weighted by atomic mass is 79.9. The summed E-state index contributed by atoms with van der Waals surface area (Å²) in [5, 5.41) is 2.64. The van der Waals surface area contributed by atoms with E-state index in [-0.39, 0.29) is 22.5 Å². The molecule has 1 N–H and O–H groups in total. The third-order valence-electron chi connectivity index (χ3n) is 2.25. The predicted molar refractivity (Wildman–Crippen MR) is 80.6 cm³/mol. The zero-order chi connectivity index (χ0) is 15.3. The molecule has 0 saturated heterocycles. The van der Waals surface area contributed by atoms with Gasteiger partial charge in [-0.1, -0.05) is 15.9 Å². The molecule has 0 spiro atoms. The lowest BCUT2D eigenvalue weighted by Crippen LogP contribution is -2.28. The molecule has 1 aromatic rings. The fourth-order valence-corrected chi connectivity index (χ4v) is 2.84. The van der Waals surface area contributed by atoms with E-state index in [2.05, 4.69) is 21.2 Å². The highest BCUT2D eigenvalue weighted by Gasteiger charge is 2.15. The minimum absolute atomic E-state index is 0.0887. The van der Waals surface area contributed by atoms with Crippen molar-refractivity contribution in [2.75, 3.05) is 13.2 Å². The van der Waals surface area contributed by atoms with Gasteiger partial charge in [0.2, 0.25) is 0 Å². The van der Waals surface area contributed by atoms with Crippen molar-refractivity contribution >= 4 is 41.6 Å². The number of carbonyl (C=O) groups excluding carboxylic acids is 1. The summed E-state index contributed by atoms with van der Waals surface area (Å²) in [4.78, 5) is 11.8. The Morgan fingerprint density at radius 1 is 1.40 bits per heavy atom. The maximum absolute atomic E-state index is 11.9. The molecule has 0 saturated carbocycles. The van der Waals surface area contributed by atoms with Crippen LogP contribution < -0.4 is 5.32 Å². The Kier molecular flexibility index (Phi) is 6.44. The first-order valence-electron chi connectivity index (χ1n) is 5.85. The molecule has 8 heteroatoms. The summed E-state index contributed by atoms with van der Waals surface area (Å²) in [5.41, 5.74) is 0.211. The third kappa shape index (κ3) is 5.78. The van der Waals surface area contributed by atoms with Gasteiger partial charge in [-0.3, -0.25) is 4.79 Å². The highest BCUT2D eigenvalue weighted by molar-refractivity contribution is 9.10. The zero-order valence-electron chi connectivity index (χ0n) is 11.0. The van der Waals surface area contributed by atoms with Crippen molar-refractivity contribution in [3.05, 3.63) is 28.2 Å². The Balaban J connectivity index is 2.76. The van der Waals surface area contributed by atoms with E-state index in [1.54, 1.807) is 0 Å². The predicted octanol–water partition coefficient (Wildman–Crippen LogP) is 2.53. The van der Waals surface area contributed by atoms with Gasteiger partial charge in [0.25, 0.3) is 15.0 Å². The van der Waals surface area contributed by atoms with Crippen molar-refractivity contribution in [3.63, 3.8) is 0 Å². The number of benzene rings is 1. The van der Waals surface area contributed by atoms with Gasteiger partial charge in [0.1, 0.15) is 0 Å². The Hall–Kier alpha value is -0.630. The van der Waals surface area contributed by atoms with Crippen molar-refractivity contribution in [1.82, 2.24) is 5.32 Å². The van der Waals surface area contributed by atoms with Crippen molar-refractivity contribution in [2.24, 2.45) is 0 Å². The second-order valence-corrected chi connectivity index (χ2v) is 7.77.